The van der Waals surface area contributed by atoms with Gasteiger partial charge in [-0.15, -0.1) is 0 Å². The molecule has 1 aliphatic heterocycles. The van der Waals surface area contributed by atoms with E-state index < -0.39 is 0 Å². The molecule has 1 unspecified atom stereocenters. The predicted octanol–water partition coefficient (Wildman–Crippen LogP) is 0.457. The molecule has 16 heavy (non-hydrogen) atoms. The van der Waals surface area contributed by atoms with E-state index in [1.165, 1.54) is 0 Å². The quantitative estimate of drug-likeness (QED) is 0.775. The summed E-state index contributed by atoms with van der Waals surface area (Å²) in [5.41, 5.74) is 13.2. The van der Waals surface area contributed by atoms with Gasteiger partial charge in [0, 0.05) is 25.2 Å². The van der Waals surface area contributed by atoms with E-state index in [9.17, 15) is 4.79 Å². The van der Waals surface area contributed by atoms with Gasteiger partial charge in [-0.05, 0) is 30.2 Å². The number of hydrogen-bond donors (Lipinski definition) is 2. The fourth-order valence-electron chi connectivity index (χ4n) is 2.04. The fourth-order valence-corrected chi connectivity index (χ4v) is 2.04. The first-order valence-electron chi connectivity index (χ1n) is 5.54. The van der Waals surface area contributed by atoms with Gasteiger partial charge in [0.15, 0.2) is 0 Å². The summed E-state index contributed by atoms with van der Waals surface area (Å²) in [6.07, 6.45) is 0.559. The summed E-state index contributed by atoms with van der Waals surface area (Å²) in [7, 11) is 0. The Morgan fingerprint density at radius 1 is 1.38 bits per heavy atom. The van der Waals surface area contributed by atoms with Crippen molar-refractivity contribution in [2.75, 3.05) is 18.0 Å². The molecule has 1 aromatic rings. The van der Waals surface area contributed by atoms with E-state index in [1.807, 2.05) is 24.3 Å². The molecule has 0 saturated carbocycles. The average Bonchev–Trinajstić information content (AvgIpc) is 2.71. The Hall–Kier alpha value is -1.39. The van der Waals surface area contributed by atoms with Crippen molar-refractivity contribution in [2.45, 2.75) is 13.0 Å². The van der Waals surface area contributed by atoms with Crippen LogP contribution in [0.25, 0.3) is 0 Å². The molecule has 1 heterocycles. The molecule has 1 aromatic carbocycles. The fraction of sp³-hybridized carbons (Fsp3) is 0.417. The molecule has 4 nitrogen and oxygen atoms in total. The van der Waals surface area contributed by atoms with Gasteiger partial charge in [0.05, 0.1) is 0 Å². The molecule has 1 amide bonds. The van der Waals surface area contributed by atoms with Gasteiger partial charge < -0.3 is 16.4 Å². The number of hydrogen-bond acceptors (Lipinski definition) is 3. The Bertz CT molecular complexity index is 392. The van der Waals surface area contributed by atoms with E-state index >= 15 is 0 Å². The van der Waals surface area contributed by atoms with Crippen molar-refractivity contribution < 1.29 is 4.79 Å². The zero-order valence-electron chi connectivity index (χ0n) is 9.23. The van der Waals surface area contributed by atoms with Gasteiger partial charge >= 0.3 is 0 Å². The first-order valence-corrected chi connectivity index (χ1v) is 5.54. The van der Waals surface area contributed by atoms with E-state index in [1.54, 1.807) is 4.90 Å². The highest BCUT2D eigenvalue weighted by molar-refractivity contribution is 5.95. The van der Waals surface area contributed by atoms with Gasteiger partial charge in [-0.1, -0.05) is 12.1 Å². The molecule has 0 bridgehead atoms. The van der Waals surface area contributed by atoms with Crippen LogP contribution in [0.3, 0.4) is 0 Å². The second-order valence-electron chi connectivity index (χ2n) is 4.18. The molecule has 0 aliphatic carbocycles. The van der Waals surface area contributed by atoms with E-state index in [4.69, 9.17) is 11.5 Å². The van der Waals surface area contributed by atoms with Crippen LogP contribution in [-0.2, 0) is 11.3 Å². The molecular weight excluding hydrogens is 202 g/mol. The molecule has 2 rings (SSSR count). The third-order valence-electron chi connectivity index (χ3n) is 3.00. The summed E-state index contributed by atoms with van der Waals surface area (Å²) in [4.78, 5) is 13.6. The van der Waals surface area contributed by atoms with Crippen molar-refractivity contribution in [1.82, 2.24) is 0 Å². The van der Waals surface area contributed by atoms with Crippen LogP contribution in [0.4, 0.5) is 5.69 Å². The molecule has 1 saturated heterocycles. The number of carbonyl (C=O) groups is 1. The summed E-state index contributed by atoms with van der Waals surface area (Å²) in [5, 5.41) is 0. The van der Waals surface area contributed by atoms with Crippen LogP contribution >= 0.6 is 0 Å². The number of carbonyl (C=O) groups excluding carboxylic acids is 1. The maximum atomic E-state index is 11.8. The van der Waals surface area contributed by atoms with E-state index in [-0.39, 0.29) is 11.8 Å². The average molecular weight is 219 g/mol. The van der Waals surface area contributed by atoms with Crippen molar-refractivity contribution >= 4 is 11.6 Å². The smallest absolute Gasteiger partial charge is 0.227 e. The lowest BCUT2D eigenvalue weighted by atomic mass is 10.1. The first kappa shape index (κ1) is 11.1. The third-order valence-corrected chi connectivity index (χ3v) is 3.00. The lowest BCUT2D eigenvalue weighted by Crippen LogP contribution is -2.25. The molecule has 1 aliphatic rings. The lowest BCUT2D eigenvalue weighted by Gasteiger charge is -2.17. The molecule has 4 N–H and O–H groups in total. The number of rotatable bonds is 3. The van der Waals surface area contributed by atoms with E-state index in [0.717, 1.165) is 17.8 Å². The molecular formula is C12H17N3O. The van der Waals surface area contributed by atoms with Crippen LogP contribution in [0, 0.1) is 5.92 Å². The molecule has 1 fully saturated rings. The molecule has 86 valence electrons. The highest BCUT2D eigenvalue weighted by Gasteiger charge is 2.29. The topological polar surface area (TPSA) is 72.3 Å². The second-order valence-corrected chi connectivity index (χ2v) is 4.18. The van der Waals surface area contributed by atoms with Crippen molar-refractivity contribution in [2.24, 2.45) is 17.4 Å². The first-order chi connectivity index (χ1) is 7.74. The van der Waals surface area contributed by atoms with Crippen molar-refractivity contribution in [3.05, 3.63) is 29.8 Å². The maximum absolute atomic E-state index is 11.8. The largest absolute Gasteiger partial charge is 0.330 e. The van der Waals surface area contributed by atoms with Gasteiger partial charge in [-0.3, -0.25) is 4.79 Å². The number of nitrogens with two attached hydrogens (primary N) is 2. The van der Waals surface area contributed by atoms with Gasteiger partial charge in [-0.25, -0.2) is 0 Å². The third kappa shape index (κ3) is 2.08. The zero-order chi connectivity index (χ0) is 11.5. The summed E-state index contributed by atoms with van der Waals surface area (Å²) >= 11 is 0. The van der Waals surface area contributed by atoms with Crippen molar-refractivity contribution in [1.29, 1.82) is 0 Å². The van der Waals surface area contributed by atoms with Crippen LogP contribution in [0.2, 0.25) is 0 Å². The number of amides is 1. The van der Waals surface area contributed by atoms with Gasteiger partial charge in [0.25, 0.3) is 0 Å². The molecule has 1 atom stereocenters. The summed E-state index contributed by atoms with van der Waals surface area (Å²) in [5.74, 6) is 0.443. The van der Waals surface area contributed by atoms with E-state index in [2.05, 4.69) is 0 Å². The minimum absolute atomic E-state index is 0.157. The SMILES string of the molecule is NCc1cccc(N2CC(CN)CC2=O)c1. The van der Waals surface area contributed by atoms with Crippen molar-refractivity contribution in [3.8, 4) is 0 Å². The Kier molecular flexibility index (Phi) is 3.22. The predicted molar refractivity (Wildman–Crippen MR) is 63.8 cm³/mol. The van der Waals surface area contributed by atoms with Crippen molar-refractivity contribution in [3.63, 3.8) is 0 Å². The molecule has 0 radical (unpaired) electrons. The van der Waals surface area contributed by atoms with Crippen LogP contribution in [0.15, 0.2) is 24.3 Å². The van der Waals surface area contributed by atoms with Gasteiger partial charge in [0.2, 0.25) is 5.91 Å². The minimum Gasteiger partial charge on any atom is -0.330 e. The minimum atomic E-state index is 0.157. The molecule has 0 spiro atoms. The number of benzene rings is 1. The second kappa shape index (κ2) is 4.63. The number of anilines is 1. The van der Waals surface area contributed by atoms with Crippen LogP contribution in [-0.4, -0.2) is 19.0 Å². The summed E-state index contributed by atoms with van der Waals surface area (Å²) < 4.78 is 0. The Morgan fingerprint density at radius 3 is 2.81 bits per heavy atom. The highest BCUT2D eigenvalue weighted by Crippen LogP contribution is 2.25. The van der Waals surface area contributed by atoms with E-state index in [0.29, 0.717) is 19.5 Å². The van der Waals surface area contributed by atoms with Crippen LogP contribution in [0.5, 0.6) is 0 Å². The normalized spacial score (nSPS) is 20.5. The Morgan fingerprint density at radius 2 is 2.19 bits per heavy atom. The Labute approximate surface area is 95.2 Å². The standard InChI is InChI=1S/C12H17N3O/c13-6-9-2-1-3-11(4-9)15-8-10(7-14)5-12(15)16/h1-4,10H,5-8,13-14H2. The summed E-state index contributed by atoms with van der Waals surface area (Å²) in [6, 6.07) is 7.80. The van der Waals surface area contributed by atoms with Gasteiger partial charge in [-0.2, -0.15) is 0 Å². The maximum Gasteiger partial charge on any atom is 0.227 e. The highest BCUT2D eigenvalue weighted by atomic mass is 16.2. The molecule has 4 heteroatoms. The number of nitrogens with zero attached hydrogens (tertiary/aromatic N) is 1. The monoisotopic (exact) mass is 219 g/mol. The van der Waals surface area contributed by atoms with Gasteiger partial charge in [0.1, 0.15) is 0 Å². The lowest BCUT2D eigenvalue weighted by molar-refractivity contribution is -0.117. The van der Waals surface area contributed by atoms with Crippen LogP contribution in [0.1, 0.15) is 12.0 Å². The summed E-state index contributed by atoms with van der Waals surface area (Å²) in [6.45, 7) is 1.79. The van der Waals surface area contributed by atoms with Crippen LogP contribution < -0.4 is 16.4 Å². The molecule has 0 aromatic heterocycles. The Balaban J connectivity index is 2.20. The zero-order valence-corrected chi connectivity index (χ0v) is 9.23.